The molecule has 0 radical (unpaired) electrons. The molecule has 2 aromatic carbocycles. The zero-order chi connectivity index (χ0) is 23.3. The first kappa shape index (κ1) is 23.4. The Kier molecular flexibility index (Phi) is 7.55. The Labute approximate surface area is 193 Å². The van der Waals surface area contributed by atoms with Crippen LogP contribution in [0.15, 0.2) is 48.7 Å². The molecule has 1 atom stereocenters. The van der Waals surface area contributed by atoms with Crippen LogP contribution in [-0.4, -0.2) is 23.7 Å². The van der Waals surface area contributed by atoms with Gasteiger partial charge in [-0.2, -0.15) is 5.26 Å². The first-order valence-corrected chi connectivity index (χ1v) is 11.0. The Morgan fingerprint density at radius 1 is 1.28 bits per heavy atom. The van der Waals surface area contributed by atoms with Crippen LogP contribution < -0.4 is 15.4 Å². The fourth-order valence-corrected chi connectivity index (χ4v) is 4.06. The third-order valence-corrected chi connectivity index (χ3v) is 6.05. The summed E-state index contributed by atoms with van der Waals surface area (Å²) in [5.74, 6) is 0.917. The molecule has 2 amide bonds. The Morgan fingerprint density at radius 2 is 2.06 bits per heavy atom. The smallest absolute Gasteiger partial charge is 0.319 e. The molecule has 2 N–H and O–H groups in total. The molecule has 0 saturated heterocycles. The number of carbonyl (C=O) groups excluding carboxylic acids is 1. The van der Waals surface area contributed by atoms with E-state index in [1.807, 2.05) is 30.3 Å². The van der Waals surface area contributed by atoms with Crippen LogP contribution in [0.1, 0.15) is 37.8 Å². The molecule has 1 unspecified atom stereocenters. The lowest BCUT2D eigenvalue weighted by atomic mass is 9.96. The number of nitrogens with zero attached hydrogens (tertiary/aromatic N) is 3. The summed E-state index contributed by atoms with van der Waals surface area (Å²) in [5.41, 5.74) is 8.33. The van der Waals surface area contributed by atoms with E-state index in [2.05, 4.69) is 24.9 Å². The van der Waals surface area contributed by atoms with Gasteiger partial charge in [0, 0.05) is 23.7 Å². The molecule has 3 aromatic rings. The summed E-state index contributed by atoms with van der Waals surface area (Å²) in [5, 5.41) is 10.6. The van der Waals surface area contributed by atoms with E-state index in [9.17, 15) is 10.1 Å². The number of urea groups is 1. The van der Waals surface area contributed by atoms with E-state index in [4.69, 9.17) is 22.1 Å². The number of benzene rings is 2. The average Bonchev–Trinajstić information content (AvgIpc) is 2.77. The molecule has 32 heavy (non-hydrogen) atoms. The number of nitriles is 1. The standard InChI is InChI=1S/C25H27ClN4O2/c1-16(2)22(30(25(28)31)23-11-9-19(15-27)24(26)17(23)3)7-5-13-32-20-10-8-18-6-4-12-29-21(18)14-20/h4,6,8-12,14,16,22H,5,7,13H2,1-3H3,(H2,28,31). The lowest BCUT2D eigenvalue weighted by Crippen LogP contribution is -2.47. The maximum atomic E-state index is 12.4. The predicted octanol–water partition coefficient (Wildman–Crippen LogP) is 5.84. The van der Waals surface area contributed by atoms with Gasteiger partial charge in [0.05, 0.1) is 28.4 Å². The minimum absolute atomic E-state index is 0.142. The van der Waals surface area contributed by atoms with E-state index in [0.29, 0.717) is 34.9 Å². The lowest BCUT2D eigenvalue weighted by Gasteiger charge is -2.34. The maximum Gasteiger partial charge on any atom is 0.319 e. The number of pyridine rings is 1. The lowest BCUT2D eigenvalue weighted by molar-refractivity contribution is 0.245. The van der Waals surface area contributed by atoms with Crippen molar-refractivity contribution in [3.8, 4) is 11.8 Å². The highest BCUT2D eigenvalue weighted by Gasteiger charge is 2.28. The molecule has 0 aliphatic carbocycles. The SMILES string of the molecule is Cc1c(N(C(N)=O)C(CCCOc2ccc3cccnc3c2)C(C)C)ccc(C#N)c1Cl. The quantitative estimate of drug-likeness (QED) is 0.436. The molecule has 3 rings (SSSR count). The number of fused-ring (bicyclic) bond motifs is 1. The topological polar surface area (TPSA) is 92.2 Å². The van der Waals surface area contributed by atoms with Gasteiger partial charge in [0.2, 0.25) is 0 Å². The van der Waals surface area contributed by atoms with Gasteiger partial charge in [0.15, 0.2) is 0 Å². The molecular formula is C25H27ClN4O2. The summed E-state index contributed by atoms with van der Waals surface area (Å²) in [4.78, 5) is 18.4. The number of carbonyl (C=O) groups is 1. The fourth-order valence-electron chi connectivity index (χ4n) is 3.86. The molecule has 0 bridgehead atoms. The van der Waals surface area contributed by atoms with Crippen LogP contribution in [-0.2, 0) is 0 Å². The van der Waals surface area contributed by atoms with E-state index in [1.165, 1.54) is 0 Å². The number of hydrogen-bond donors (Lipinski definition) is 1. The number of amides is 2. The minimum atomic E-state index is -0.547. The van der Waals surface area contributed by atoms with Crippen molar-refractivity contribution >= 4 is 34.2 Å². The van der Waals surface area contributed by atoms with Crippen molar-refractivity contribution in [2.75, 3.05) is 11.5 Å². The number of rotatable bonds is 8. The maximum absolute atomic E-state index is 12.4. The van der Waals surface area contributed by atoms with Gasteiger partial charge >= 0.3 is 6.03 Å². The monoisotopic (exact) mass is 450 g/mol. The third kappa shape index (κ3) is 5.12. The molecule has 0 spiro atoms. The van der Waals surface area contributed by atoms with Crippen molar-refractivity contribution in [1.82, 2.24) is 4.98 Å². The van der Waals surface area contributed by atoms with E-state index in [0.717, 1.165) is 23.1 Å². The zero-order valence-corrected chi connectivity index (χ0v) is 19.3. The Balaban J connectivity index is 1.72. The summed E-state index contributed by atoms with van der Waals surface area (Å²) in [6, 6.07) is 14.5. The molecule has 0 aliphatic heterocycles. The van der Waals surface area contributed by atoms with E-state index >= 15 is 0 Å². The molecule has 166 valence electrons. The molecule has 0 fully saturated rings. The molecule has 0 saturated carbocycles. The van der Waals surface area contributed by atoms with E-state index in [1.54, 1.807) is 30.2 Å². The molecule has 1 heterocycles. The predicted molar refractivity (Wildman–Crippen MR) is 128 cm³/mol. The third-order valence-electron chi connectivity index (χ3n) is 5.57. The van der Waals surface area contributed by atoms with Gasteiger partial charge in [-0.3, -0.25) is 9.88 Å². The van der Waals surface area contributed by atoms with E-state index < -0.39 is 6.03 Å². The number of ether oxygens (including phenoxy) is 1. The summed E-state index contributed by atoms with van der Waals surface area (Å²) in [6.07, 6.45) is 3.19. The van der Waals surface area contributed by atoms with Crippen molar-refractivity contribution in [2.24, 2.45) is 11.7 Å². The second kappa shape index (κ2) is 10.3. The van der Waals surface area contributed by atoms with Crippen LogP contribution in [0.5, 0.6) is 5.75 Å². The van der Waals surface area contributed by atoms with Crippen molar-refractivity contribution in [3.05, 3.63) is 64.8 Å². The van der Waals surface area contributed by atoms with Gasteiger partial charge in [-0.15, -0.1) is 0 Å². The fraction of sp³-hybridized carbons (Fsp3) is 0.320. The second-order valence-electron chi connectivity index (χ2n) is 8.05. The normalized spacial score (nSPS) is 11.9. The highest BCUT2D eigenvalue weighted by molar-refractivity contribution is 6.33. The number of aromatic nitrogens is 1. The van der Waals surface area contributed by atoms with Gasteiger partial charge in [-0.1, -0.05) is 31.5 Å². The number of halogens is 1. The summed E-state index contributed by atoms with van der Waals surface area (Å²) < 4.78 is 5.93. The zero-order valence-electron chi connectivity index (χ0n) is 18.5. The van der Waals surface area contributed by atoms with Gasteiger partial charge in [-0.05, 0) is 61.6 Å². The number of nitrogens with two attached hydrogens (primary N) is 1. The Bertz CT molecular complexity index is 1160. The van der Waals surface area contributed by atoms with Crippen LogP contribution >= 0.6 is 11.6 Å². The molecular weight excluding hydrogens is 424 g/mol. The van der Waals surface area contributed by atoms with Crippen LogP contribution in [0.4, 0.5) is 10.5 Å². The van der Waals surface area contributed by atoms with E-state index in [-0.39, 0.29) is 12.0 Å². The number of primary amides is 1. The first-order chi connectivity index (χ1) is 15.3. The van der Waals surface area contributed by atoms with Crippen molar-refractivity contribution in [2.45, 2.75) is 39.7 Å². The molecule has 0 aliphatic rings. The van der Waals surface area contributed by atoms with Gasteiger partial charge in [0.25, 0.3) is 0 Å². The molecule has 7 heteroatoms. The van der Waals surface area contributed by atoms with Crippen LogP contribution in [0.25, 0.3) is 10.9 Å². The van der Waals surface area contributed by atoms with Crippen LogP contribution in [0.3, 0.4) is 0 Å². The number of hydrogen-bond acceptors (Lipinski definition) is 4. The second-order valence-corrected chi connectivity index (χ2v) is 8.43. The highest BCUT2D eigenvalue weighted by atomic mass is 35.5. The van der Waals surface area contributed by atoms with Crippen molar-refractivity contribution in [1.29, 1.82) is 5.26 Å². The largest absolute Gasteiger partial charge is 0.494 e. The average molecular weight is 451 g/mol. The highest BCUT2D eigenvalue weighted by Crippen LogP contribution is 2.33. The Morgan fingerprint density at radius 3 is 2.75 bits per heavy atom. The van der Waals surface area contributed by atoms with Crippen LogP contribution in [0.2, 0.25) is 5.02 Å². The summed E-state index contributed by atoms with van der Waals surface area (Å²) >= 11 is 6.34. The molecule has 1 aromatic heterocycles. The minimum Gasteiger partial charge on any atom is -0.494 e. The summed E-state index contributed by atoms with van der Waals surface area (Å²) in [7, 11) is 0. The van der Waals surface area contributed by atoms with Gasteiger partial charge < -0.3 is 10.5 Å². The van der Waals surface area contributed by atoms with Crippen LogP contribution in [0, 0.1) is 24.2 Å². The number of anilines is 1. The summed E-state index contributed by atoms with van der Waals surface area (Å²) in [6.45, 7) is 6.40. The van der Waals surface area contributed by atoms with Crippen molar-refractivity contribution in [3.63, 3.8) is 0 Å². The Hall–Kier alpha value is -3.30. The van der Waals surface area contributed by atoms with Gasteiger partial charge in [0.1, 0.15) is 11.8 Å². The van der Waals surface area contributed by atoms with Crippen molar-refractivity contribution < 1.29 is 9.53 Å². The molecule has 6 nitrogen and oxygen atoms in total. The van der Waals surface area contributed by atoms with Gasteiger partial charge in [-0.25, -0.2) is 4.79 Å². The first-order valence-electron chi connectivity index (χ1n) is 10.6.